The summed E-state index contributed by atoms with van der Waals surface area (Å²) in [5, 5.41) is 4.62. The van der Waals surface area contributed by atoms with Crippen LogP contribution in [0.5, 0.6) is 0 Å². The van der Waals surface area contributed by atoms with Crippen LogP contribution in [0.3, 0.4) is 0 Å². The Hall–Kier alpha value is -2.12. The number of nitrogens with zero attached hydrogens (tertiary/aromatic N) is 3. The summed E-state index contributed by atoms with van der Waals surface area (Å²) >= 11 is 24.9. The minimum atomic E-state index is -1.74. The molecule has 1 amide bonds. The lowest BCUT2D eigenvalue weighted by atomic mass is 10.1. The summed E-state index contributed by atoms with van der Waals surface area (Å²) in [6, 6.07) is 19.5. The van der Waals surface area contributed by atoms with E-state index in [1.165, 1.54) is 0 Å². The summed E-state index contributed by atoms with van der Waals surface area (Å²) in [6.07, 6.45) is 2.57. The number of alkyl halides is 3. The van der Waals surface area contributed by atoms with Crippen LogP contribution >= 0.6 is 47.0 Å². The van der Waals surface area contributed by atoms with E-state index in [0.29, 0.717) is 37.5 Å². The summed E-state index contributed by atoms with van der Waals surface area (Å²) < 4.78 is -1.74. The van der Waals surface area contributed by atoms with Gasteiger partial charge in [0.25, 0.3) is 0 Å². The molecule has 1 fully saturated rings. The lowest BCUT2D eigenvalue weighted by Crippen LogP contribution is -2.63. The van der Waals surface area contributed by atoms with Gasteiger partial charge in [0.2, 0.25) is 9.70 Å². The van der Waals surface area contributed by atoms with Gasteiger partial charge in [-0.3, -0.25) is 9.78 Å². The molecule has 0 aliphatic carbocycles. The first-order valence-corrected chi connectivity index (χ1v) is 12.2. The number of aromatic nitrogens is 1. The first kappa shape index (κ1) is 24.0. The van der Waals surface area contributed by atoms with Crippen molar-refractivity contribution in [3.63, 3.8) is 0 Å². The van der Waals surface area contributed by atoms with Gasteiger partial charge in [-0.2, -0.15) is 0 Å². The third-order valence-electron chi connectivity index (χ3n) is 5.61. The zero-order valence-corrected chi connectivity index (χ0v) is 20.8. The minimum absolute atomic E-state index is 0.0745. The van der Waals surface area contributed by atoms with Crippen molar-refractivity contribution >= 4 is 74.6 Å². The molecule has 1 aliphatic heterocycles. The van der Waals surface area contributed by atoms with E-state index in [-0.39, 0.29) is 5.91 Å². The number of halogens is 3. The smallest absolute Gasteiger partial charge is 0.228 e. The number of pyridine rings is 1. The molecule has 1 aliphatic rings. The normalized spacial score (nSPS) is 16.6. The second-order valence-corrected chi connectivity index (χ2v) is 10.6. The number of hydrogen-bond donors (Lipinski definition) is 1. The second-order valence-electron chi connectivity index (χ2n) is 7.85. The Morgan fingerprint density at radius 1 is 1.03 bits per heavy atom. The van der Waals surface area contributed by atoms with E-state index in [0.717, 1.165) is 22.2 Å². The molecule has 1 N–H and O–H groups in total. The number of thiocarbonyl (C=S) groups is 1. The number of carbonyl (C=O) groups is 1. The Balaban J connectivity index is 1.54. The molecule has 3 aromatic rings. The van der Waals surface area contributed by atoms with Gasteiger partial charge in [-0.1, -0.05) is 83.3 Å². The molecule has 172 valence electrons. The fourth-order valence-corrected chi connectivity index (χ4v) is 5.09. The molecule has 0 saturated carbocycles. The van der Waals surface area contributed by atoms with Crippen molar-refractivity contribution in [1.29, 1.82) is 0 Å². The molecule has 0 bridgehead atoms. The van der Waals surface area contributed by atoms with Crippen LogP contribution in [0.4, 0.5) is 5.69 Å². The molecule has 1 saturated heterocycles. The predicted molar refractivity (Wildman–Crippen MR) is 140 cm³/mol. The third-order valence-corrected chi connectivity index (χ3v) is 6.53. The number of para-hydroxylation sites is 1. The summed E-state index contributed by atoms with van der Waals surface area (Å²) in [4.78, 5) is 21.1. The Labute approximate surface area is 213 Å². The van der Waals surface area contributed by atoms with Crippen molar-refractivity contribution in [2.75, 3.05) is 18.4 Å². The third kappa shape index (κ3) is 5.69. The molecular formula is C24H23Cl3N4OS. The number of fused-ring (bicyclic) bond motifs is 1. The zero-order chi connectivity index (χ0) is 23.4. The van der Waals surface area contributed by atoms with E-state index in [2.05, 4.69) is 10.3 Å². The lowest BCUT2D eigenvalue weighted by molar-refractivity contribution is -0.138. The first-order chi connectivity index (χ1) is 15.8. The van der Waals surface area contributed by atoms with E-state index < -0.39 is 9.96 Å². The molecule has 1 unspecified atom stereocenters. The molecule has 0 spiro atoms. The highest BCUT2D eigenvalue weighted by atomic mass is 35.6. The van der Waals surface area contributed by atoms with Gasteiger partial charge in [-0.25, -0.2) is 0 Å². The van der Waals surface area contributed by atoms with Crippen LogP contribution in [0.2, 0.25) is 0 Å². The maximum atomic E-state index is 13.2. The first-order valence-electron chi connectivity index (χ1n) is 10.7. The van der Waals surface area contributed by atoms with E-state index in [4.69, 9.17) is 47.0 Å². The molecular weight excluding hydrogens is 499 g/mol. The van der Waals surface area contributed by atoms with Gasteiger partial charge in [-0.05, 0) is 42.8 Å². The van der Waals surface area contributed by atoms with Gasteiger partial charge in [0.05, 0.1) is 11.2 Å². The van der Waals surface area contributed by atoms with Crippen LogP contribution in [0.1, 0.15) is 18.4 Å². The highest BCUT2D eigenvalue weighted by Crippen LogP contribution is 2.38. The van der Waals surface area contributed by atoms with Crippen LogP contribution in [-0.2, 0) is 11.2 Å². The quantitative estimate of drug-likeness (QED) is 0.348. The monoisotopic (exact) mass is 520 g/mol. The number of aryl methyl sites for hydroxylation is 1. The van der Waals surface area contributed by atoms with Gasteiger partial charge in [0, 0.05) is 31.1 Å². The van der Waals surface area contributed by atoms with E-state index >= 15 is 0 Å². The maximum Gasteiger partial charge on any atom is 0.228 e. The molecule has 2 heterocycles. The van der Waals surface area contributed by atoms with Crippen molar-refractivity contribution < 1.29 is 4.79 Å². The minimum Gasteiger partial charge on any atom is -0.331 e. The molecule has 5 nitrogen and oxygen atoms in total. The van der Waals surface area contributed by atoms with Gasteiger partial charge in [0.15, 0.2) is 11.3 Å². The van der Waals surface area contributed by atoms with Crippen molar-refractivity contribution in [3.05, 3.63) is 72.4 Å². The SMILES string of the molecule is O=C(CCc1ccccc1)N1CCCN(C(=S)Nc2cccc3cccnc23)C1C(Cl)(Cl)Cl. The summed E-state index contributed by atoms with van der Waals surface area (Å²) in [5.74, 6) is -0.0745. The van der Waals surface area contributed by atoms with Gasteiger partial charge in [-0.15, -0.1) is 0 Å². The number of nitrogens with one attached hydrogen (secondary N) is 1. The van der Waals surface area contributed by atoms with Crippen LogP contribution in [0.15, 0.2) is 66.9 Å². The van der Waals surface area contributed by atoms with Crippen LogP contribution in [0.25, 0.3) is 10.9 Å². The van der Waals surface area contributed by atoms with Crippen LogP contribution in [-0.4, -0.2) is 48.9 Å². The number of hydrogen-bond acceptors (Lipinski definition) is 3. The number of amides is 1. The van der Waals surface area contributed by atoms with Gasteiger partial charge < -0.3 is 15.1 Å². The van der Waals surface area contributed by atoms with Crippen molar-refractivity contribution in [1.82, 2.24) is 14.8 Å². The second kappa shape index (κ2) is 10.4. The number of carbonyl (C=O) groups excluding carboxylic acids is 1. The molecule has 4 rings (SSSR count). The van der Waals surface area contributed by atoms with Crippen LogP contribution in [0, 0.1) is 0 Å². The highest BCUT2D eigenvalue weighted by molar-refractivity contribution is 7.80. The lowest BCUT2D eigenvalue weighted by Gasteiger charge is -2.47. The average Bonchev–Trinajstić information content (AvgIpc) is 2.82. The summed E-state index contributed by atoms with van der Waals surface area (Å²) in [5.41, 5.74) is 2.64. The molecule has 9 heteroatoms. The zero-order valence-electron chi connectivity index (χ0n) is 17.8. The Morgan fingerprint density at radius 3 is 2.52 bits per heavy atom. The maximum absolute atomic E-state index is 13.2. The summed E-state index contributed by atoms with van der Waals surface area (Å²) in [6.45, 7) is 1.06. The Bertz CT molecular complexity index is 1130. The van der Waals surface area contributed by atoms with Crippen LogP contribution < -0.4 is 5.32 Å². The van der Waals surface area contributed by atoms with Gasteiger partial charge in [0.1, 0.15) is 0 Å². The summed E-state index contributed by atoms with van der Waals surface area (Å²) in [7, 11) is 0. The van der Waals surface area contributed by atoms with Gasteiger partial charge >= 0.3 is 0 Å². The number of anilines is 1. The molecule has 2 aromatic carbocycles. The van der Waals surface area contributed by atoms with Crippen molar-refractivity contribution in [2.45, 2.75) is 29.2 Å². The highest BCUT2D eigenvalue weighted by Gasteiger charge is 2.46. The fourth-order valence-electron chi connectivity index (χ4n) is 4.08. The van der Waals surface area contributed by atoms with Crippen molar-refractivity contribution in [3.8, 4) is 0 Å². The van der Waals surface area contributed by atoms with E-state index in [1.807, 2.05) is 60.7 Å². The largest absolute Gasteiger partial charge is 0.331 e. The number of rotatable bonds is 4. The standard InChI is InChI=1S/C24H23Cl3N4OS/c25-24(26,27)22-30(20(32)13-12-17-7-2-1-3-8-17)15-6-16-31(22)23(33)29-19-11-4-9-18-10-5-14-28-21(18)19/h1-5,7-11,14,22H,6,12-13,15-16H2,(H,29,33). The Morgan fingerprint density at radius 2 is 1.76 bits per heavy atom. The molecule has 33 heavy (non-hydrogen) atoms. The molecule has 0 radical (unpaired) electrons. The topological polar surface area (TPSA) is 48.5 Å². The molecule has 1 atom stereocenters. The Kier molecular flexibility index (Phi) is 7.59. The number of benzene rings is 2. The predicted octanol–water partition coefficient (Wildman–Crippen LogP) is 5.80. The fraction of sp³-hybridized carbons (Fsp3) is 0.292. The van der Waals surface area contributed by atoms with E-state index in [1.54, 1.807) is 16.0 Å². The van der Waals surface area contributed by atoms with E-state index in [9.17, 15) is 4.79 Å². The average molecular weight is 522 g/mol. The molecule has 1 aromatic heterocycles. The van der Waals surface area contributed by atoms with Crippen molar-refractivity contribution in [2.24, 2.45) is 0 Å².